The summed E-state index contributed by atoms with van der Waals surface area (Å²) in [4.78, 5) is 39.9. The molecule has 3 rings (SSSR count). The lowest BCUT2D eigenvalue weighted by Gasteiger charge is -2.32. The molecule has 0 aromatic rings. The molecule has 0 radical (unpaired) electrons. The van der Waals surface area contributed by atoms with Gasteiger partial charge in [-0.3, -0.25) is 14.4 Å². The summed E-state index contributed by atoms with van der Waals surface area (Å²) in [5.74, 6) is 1.70. The number of hydrogen-bond donors (Lipinski definition) is 2. The number of nitrogens with one attached hydrogen (secondary N) is 1. The zero-order valence-corrected chi connectivity index (χ0v) is 14.7. The molecule has 2 unspecified atom stereocenters. The number of primary amides is 1. The first-order valence-electron chi connectivity index (χ1n) is 8.71. The molecule has 3 amide bonds. The zero-order valence-electron chi connectivity index (χ0n) is 13.9. The van der Waals surface area contributed by atoms with Crippen LogP contribution in [-0.2, 0) is 14.4 Å². The molecule has 3 aliphatic heterocycles. The van der Waals surface area contributed by atoms with Gasteiger partial charge in [-0.05, 0) is 31.7 Å². The topological polar surface area (TPSA) is 95.7 Å². The van der Waals surface area contributed by atoms with Crippen molar-refractivity contribution in [3.05, 3.63) is 0 Å². The predicted octanol–water partition coefficient (Wildman–Crippen LogP) is -0.389. The van der Waals surface area contributed by atoms with Crippen molar-refractivity contribution in [1.29, 1.82) is 0 Å². The summed E-state index contributed by atoms with van der Waals surface area (Å²) >= 11 is 1.78. The van der Waals surface area contributed by atoms with Gasteiger partial charge in [-0.2, -0.15) is 0 Å². The molecule has 3 fully saturated rings. The van der Waals surface area contributed by atoms with Gasteiger partial charge < -0.3 is 20.9 Å². The molecule has 0 saturated carbocycles. The molecule has 0 bridgehead atoms. The standard InChI is InChI=1S/C16H26N4O3S/c17-15(22)12-2-1-3-19(9-12)14(21)7-11-6-13(18-8-11)16(23)20-4-5-24-10-20/h11-13,18H,1-10H2,(H2,17,22)/t11?,12?,13-/m0/s1. The SMILES string of the molecule is NC(=O)C1CCCN(C(=O)CC2CN[C@H](C(=O)N3CCSC3)C2)C1. The first kappa shape index (κ1) is 17.5. The third-order valence-corrected chi connectivity index (χ3v) is 6.19. The predicted molar refractivity (Wildman–Crippen MR) is 92.1 cm³/mol. The number of nitrogens with two attached hydrogens (primary N) is 1. The van der Waals surface area contributed by atoms with Crippen LogP contribution in [0.2, 0.25) is 0 Å². The first-order valence-corrected chi connectivity index (χ1v) is 9.87. The Morgan fingerprint density at radius 3 is 2.75 bits per heavy atom. The molecule has 3 aliphatic rings. The van der Waals surface area contributed by atoms with Gasteiger partial charge in [0.15, 0.2) is 0 Å². The molecule has 0 aromatic heterocycles. The highest BCUT2D eigenvalue weighted by molar-refractivity contribution is 7.99. The van der Waals surface area contributed by atoms with E-state index < -0.39 is 0 Å². The molecule has 8 heteroatoms. The van der Waals surface area contributed by atoms with Crippen LogP contribution in [0.25, 0.3) is 0 Å². The normalized spacial score (nSPS) is 30.6. The summed E-state index contributed by atoms with van der Waals surface area (Å²) in [7, 11) is 0. The zero-order chi connectivity index (χ0) is 17.1. The van der Waals surface area contributed by atoms with Crippen LogP contribution in [0.4, 0.5) is 0 Å². The van der Waals surface area contributed by atoms with Gasteiger partial charge in [0.2, 0.25) is 17.7 Å². The fourth-order valence-corrected chi connectivity index (χ4v) is 4.73. The van der Waals surface area contributed by atoms with Crippen molar-refractivity contribution < 1.29 is 14.4 Å². The lowest BCUT2D eigenvalue weighted by molar-refractivity contribution is -0.136. The highest BCUT2D eigenvalue weighted by Gasteiger charge is 2.35. The number of amides is 3. The summed E-state index contributed by atoms with van der Waals surface area (Å²) in [6.45, 7) is 2.68. The molecule has 134 valence electrons. The van der Waals surface area contributed by atoms with E-state index in [1.807, 2.05) is 4.90 Å². The smallest absolute Gasteiger partial charge is 0.240 e. The number of carbonyl (C=O) groups excluding carboxylic acids is 3. The number of likely N-dealkylation sites (tertiary alicyclic amines) is 1. The maximum Gasteiger partial charge on any atom is 0.240 e. The van der Waals surface area contributed by atoms with E-state index in [4.69, 9.17) is 5.73 Å². The van der Waals surface area contributed by atoms with E-state index in [2.05, 4.69) is 5.32 Å². The van der Waals surface area contributed by atoms with Gasteiger partial charge >= 0.3 is 0 Å². The molecular weight excluding hydrogens is 328 g/mol. The second-order valence-electron chi connectivity index (χ2n) is 6.99. The maximum absolute atomic E-state index is 12.5. The summed E-state index contributed by atoms with van der Waals surface area (Å²) < 4.78 is 0. The van der Waals surface area contributed by atoms with Gasteiger partial charge in [-0.1, -0.05) is 0 Å². The highest BCUT2D eigenvalue weighted by Crippen LogP contribution is 2.24. The Hall–Kier alpha value is -1.28. The average Bonchev–Trinajstić information content (AvgIpc) is 3.26. The Labute approximate surface area is 146 Å². The van der Waals surface area contributed by atoms with E-state index in [-0.39, 0.29) is 35.6 Å². The Balaban J connectivity index is 1.47. The van der Waals surface area contributed by atoms with Gasteiger partial charge in [-0.25, -0.2) is 0 Å². The quantitative estimate of drug-likeness (QED) is 0.717. The molecule has 0 spiro atoms. The monoisotopic (exact) mass is 354 g/mol. The number of nitrogens with zero attached hydrogens (tertiary/aromatic N) is 2. The minimum Gasteiger partial charge on any atom is -0.369 e. The van der Waals surface area contributed by atoms with Gasteiger partial charge in [0.25, 0.3) is 0 Å². The van der Waals surface area contributed by atoms with Crippen LogP contribution < -0.4 is 11.1 Å². The Morgan fingerprint density at radius 2 is 2.04 bits per heavy atom. The molecule has 3 heterocycles. The van der Waals surface area contributed by atoms with E-state index >= 15 is 0 Å². The van der Waals surface area contributed by atoms with Crippen molar-refractivity contribution in [1.82, 2.24) is 15.1 Å². The minimum atomic E-state index is -0.316. The lowest BCUT2D eigenvalue weighted by Crippen LogP contribution is -2.44. The number of piperidine rings is 1. The van der Waals surface area contributed by atoms with Crippen molar-refractivity contribution in [2.45, 2.75) is 31.7 Å². The number of hydrogen-bond acceptors (Lipinski definition) is 5. The summed E-state index contributed by atoms with van der Waals surface area (Å²) in [6.07, 6.45) is 2.76. The van der Waals surface area contributed by atoms with Crippen molar-refractivity contribution in [3.8, 4) is 0 Å². The lowest BCUT2D eigenvalue weighted by atomic mass is 9.95. The van der Waals surface area contributed by atoms with Crippen LogP contribution in [0.1, 0.15) is 25.7 Å². The van der Waals surface area contributed by atoms with Crippen LogP contribution in [0.5, 0.6) is 0 Å². The first-order chi connectivity index (χ1) is 11.5. The maximum atomic E-state index is 12.5. The van der Waals surface area contributed by atoms with Gasteiger partial charge in [-0.15, -0.1) is 11.8 Å². The van der Waals surface area contributed by atoms with Gasteiger partial charge in [0.1, 0.15) is 0 Å². The number of rotatable bonds is 4. The summed E-state index contributed by atoms with van der Waals surface area (Å²) in [5, 5.41) is 3.27. The Kier molecular flexibility index (Phi) is 5.65. The van der Waals surface area contributed by atoms with Gasteiger partial charge in [0, 0.05) is 31.8 Å². The Bertz CT molecular complexity index is 510. The van der Waals surface area contributed by atoms with Crippen LogP contribution in [0.15, 0.2) is 0 Å². The molecular formula is C16H26N4O3S. The summed E-state index contributed by atoms with van der Waals surface area (Å²) in [6, 6.07) is -0.152. The fourth-order valence-electron chi connectivity index (χ4n) is 3.77. The summed E-state index contributed by atoms with van der Waals surface area (Å²) in [5.41, 5.74) is 5.37. The van der Waals surface area contributed by atoms with Crippen LogP contribution in [-0.4, -0.2) is 71.4 Å². The van der Waals surface area contributed by atoms with E-state index in [0.717, 1.165) is 37.4 Å². The molecule has 3 saturated heterocycles. The van der Waals surface area contributed by atoms with Crippen molar-refractivity contribution in [3.63, 3.8) is 0 Å². The van der Waals surface area contributed by atoms with E-state index in [1.54, 1.807) is 16.7 Å². The van der Waals surface area contributed by atoms with Crippen molar-refractivity contribution in [2.24, 2.45) is 17.6 Å². The third kappa shape index (κ3) is 4.03. The van der Waals surface area contributed by atoms with Crippen LogP contribution in [0, 0.1) is 11.8 Å². The van der Waals surface area contributed by atoms with Crippen LogP contribution in [0.3, 0.4) is 0 Å². The molecule has 3 atom stereocenters. The van der Waals surface area contributed by atoms with E-state index in [0.29, 0.717) is 26.1 Å². The largest absolute Gasteiger partial charge is 0.369 e. The molecule has 7 nitrogen and oxygen atoms in total. The number of carbonyl (C=O) groups is 3. The second kappa shape index (κ2) is 7.74. The Morgan fingerprint density at radius 1 is 1.21 bits per heavy atom. The van der Waals surface area contributed by atoms with E-state index in [9.17, 15) is 14.4 Å². The van der Waals surface area contributed by atoms with Crippen molar-refractivity contribution in [2.75, 3.05) is 37.8 Å². The van der Waals surface area contributed by atoms with Gasteiger partial charge in [0.05, 0.1) is 17.8 Å². The third-order valence-electron chi connectivity index (χ3n) is 5.22. The fraction of sp³-hybridized carbons (Fsp3) is 0.812. The number of thioether (sulfide) groups is 1. The molecule has 24 heavy (non-hydrogen) atoms. The minimum absolute atomic E-state index is 0.0811. The van der Waals surface area contributed by atoms with Crippen molar-refractivity contribution >= 4 is 29.5 Å². The van der Waals surface area contributed by atoms with E-state index in [1.165, 1.54) is 0 Å². The highest BCUT2D eigenvalue weighted by atomic mass is 32.2. The molecule has 0 aliphatic carbocycles. The van der Waals surface area contributed by atoms with Crippen LogP contribution >= 0.6 is 11.8 Å². The molecule has 3 N–H and O–H groups in total. The second-order valence-corrected chi connectivity index (χ2v) is 8.06. The average molecular weight is 354 g/mol. The molecule has 0 aromatic carbocycles.